The molecule has 0 radical (unpaired) electrons. The molecule has 1 aromatic rings. The first kappa shape index (κ1) is 13.8. The molecule has 0 bridgehead atoms. The van der Waals surface area contributed by atoms with Gasteiger partial charge in [0.15, 0.2) is 0 Å². The van der Waals surface area contributed by atoms with Gasteiger partial charge in [-0.1, -0.05) is 0 Å². The van der Waals surface area contributed by atoms with E-state index < -0.39 is 0 Å². The van der Waals surface area contributed by atoms with Crippen molar-refractivity contribution >= 4 is 5.91 Å². The third kappa shape index (κ3) is 5.04. The zero-order chi connectivity index (χ0) is 12.9. The Balaban J connectivity index is 2.41. The molecule has 1 amide bonds. The van der Waals surface area contributed by atoms with Crippen LogP contribution < -0.4 is 11.1 Å². The summed E-state index contributed by atoms with van der Waals surface area (Å²) in [6.45, 7) is 6.41. The van der Waals surface area contributed by atoms with E-state index in [0.717, 1.165) is 5.76 Å². The van der Waals surface area contributed by atoms with E-state index in [2.05, 4.69) is 5.32 Å². The fraction of sp³-hybridized carbons (Fsp3) is 0.615. The number of carbonyl (C=O) groups is 1. The van der Waals surface area contributed by atoms with Gasteiger partial charge in [0.05, 0.1) is 6.26 Å². The highest BCUT2D eigenvalue weighted by Crippen LogP contribution is 2.20. The molecule has 96 valence electrons. The van der Waals surface area contributed by atoms with Crippen LogP contribution in [0.25, 0.3) is 0 Å². The molecule has 3 N–H and O–H groups in total. The van der Waals surface area contributed by atoms with Gasteiger partial charge in [0, 0.05) is 24.4 Å². The van der Waals surface area contributed by atoms with Gasteiger partial charge in [-0.2, -0.15) is 0 Å². The SMILES string of the molecule is CC(C)(C)NC(=O)CCC(CN)c1ccco1. The van der Waals surface area contributed by atoms with Crippen LogP contribution in [0.4, 0.5) is 0 Å². The molecule has 4 nitrogen and oxygen atoms in total. The van der Waals surface area contributed by atoms with Crippen molar-refractivity contribution in [1.29, 1.82) is 0 Å². The first-order chi connectivity index (χ1) is 7.92. The van der Waals surface area contributed by atoms with E-state index in [-0.39, 0.29) is 17.4 Å². The highest BCUT2D eigenvalue weighted by Gasteiger charge is 2.17. The zero-order valence-corrected chi connectivity index (χ0v) is 10.8. The van der Waals surface area contributed by atoms with Gasteiger partial charge in [-0.05, 0) is 39.3 Å². The number of amides is 1. The molecule has 0 aliphatic rings. The van der Waals surface area contributed by atoms with E-state index in [0.29, 0.717) is 19.4 Å². The molecule has 1 rings (SSSR count). The van der Waals surface area contributed by atoms with Crippen molar-refractivity contribution in [2.75, 3.05) is 6.54 Å². The van der Waals surface area contributed by atoms with Crippen molar-refractivity contribution in [2.24, 2.45) is 5.73 Å². The van der Waals surface area contributed by atoms with Crippen LogP contribution in [-0.2, 0) is 4.79 Å². The van der Waals surface area contributed by atoms with Crippen molar-refractivity contribution in [3.8, 4) is 0 Å². The molecule has 1 unspecified atom stereocenters. The summed E-state index contributed by atoms with van der Waals surface area (Å²) in [5.74, 6) is 1.04. The molecule has 0 aromatic carbocycles. The van der Waals surface area contributed by atoms with Gasteiger partial charge in [0.2, 0.25) is 5.91 Å². The number of furan rings is 1. The summed E-state index contributed by atoms with van der Waals surface area (Å²) in [5, 5.41) is 2.93. The van der Waals surface area contributed by atoms with Crippen LogP contribution in [-0.4, -0.2) is 18.0 Å². The fourth-order valence-corrected chi connectivity index (χ4v) is 1.69. The second-order valence-corrected chi connectivity index (χ2v) is 5.28. The van der Waals surface area contributed by atoms with Crippen LogP contribution in [0.5, 0.6) is 0 Å². The maximum atomic E-state index is 11.7. The highest BCUT2D eigenvalue weighted by atomic mass is 16.3. The Morgan fingerprint density at radius 3 is 2.71 bits per heavy atom. The average Bonchev–Trinajstić information content (AvgIpc) is 2.69. The van der Waals surface area contributed by atoms with Crippen molar-refractivity contribution in [1.82, 2.24) is 5.32 Å². The Morgan fingerprint density at radius 2 is 2.24 bits per heavy atom. The van der Waals surface area contributed by atoms with Crippen molar-refractivity contribution in [2.45, 2.75) is 45.1 Å². The normalized spacial score (nSPS) is 13.4. The predicted octanol–water partition coefficient (Wildman–Crippen LogP) is 2.02. The van der Waals surface area contributed by atoms with Gasteiger partial charge >= 0.3 is 0 Å². The summed E-state index contributed by atoms with van der Waals surface area (Å²) in [6, 6.07) is 3.74. The van der Waals surface area contributed by atoms with E-state index in [1.54, 1.807) is 6.26 Å². The van der Waals surface area contributed by atoms with Crippen LogP contribution in [0.1, 0.15) is 45.3 Å². The number of carbonyl (C=O) groups excluding carboxylic acids is 1. The van der Waals surface area contributed by atoms with Crippen molar-refractivity contribution in [3.63, 3.8) is 0 Å². The number of nitrogens with one attached hydrogen (secondary N) is 1. The summed E-state index contributed by atoms with van der Waals surface area (Å²) < 4.78 is 5.31. The largest absolute Gasteiger partial charge is 0.469 e. The predicted molar refractivity (Wildman–Crippen MR) is 67.6 cm³/mol. The van der Waals surface area contributed by atoms with Crippen LogP contribution in [0.2, 0.25) is 0 Å². The maximum Gasteiger partial charge on any atom is 0.220 e. The molecular formula is C13H22N2O2. The number of rotatable bonds is 5. The lowest BCUT2D eigenvalue weighted by molar-refractivity contribution is -0.122. The van der Waals surface area contributed by atoms with Crippen LogP contribution in [0.15, 0.2) is 22.8 Å². The zero-order valence-electron chi connectivity index (χ0n) is 10.8. The molecule has 1 heterocycles. The third-order valence-corrected chi connectivity index (χ3v) is 2.46. The molecule has 0 spiro atoms. The minimum atomic E-state index is -0.181. The molecule has 0 aliphatic heterocycles. The standard InChI is InChI=1S/C13H22N2O2/c1-13(2,3)15-12(16)7-6-10(9-14)11-5-4-8-17-11/h4-5,8,10H,6-7,9,14H2,1-3H3,(H,15,16). The summed E-state index contributed by atoms with van der Waals surface area (Å²) in [4.78, 5) is 11.7. The first-order valence-corrected chi connectivity index (χ1v) is 5.97. The van der Waals surface area contributed by atoms with Crippen LogP contribution >= 0.6 is 0 Å². The van der Waals surface area contributed by atoms with Gasteiger partial charge in [-0.15, -0.1) is 0 Å². The number of nitrogens with two attached hydrogens (primary N) is 1. The van der Waals surface area contributed by atoms with E-state index in [4.69, 9.17) is 10.2 Å². The Labute approximate surface area is 103 Å². The van der Waals surface area contributed by atoms with Crippen LogP contribution in [0, 0.1) is 0 Å². The summed E-state index contributed by atoms with van der Waals surface area (Å²) in [6.07, 6.45) is 2.82. The molecule has 0 saturated heterocycles. The molecule has 17 heavy (non-hydrogen) atoms. The topological polar surface area (TPSA) is 68.3 Å². The van der Waals surface area contributed by atoms with Gasteiger partial charge < -0.3 is 15.5 Å². The minimum Gasteiger partial charge on any atom is -0.469 e. The molecule has 4 heteroatoms. The molecule has 1 atom stereocenters. The first-order valence-electron chi connectivity index (χ1n) is 5.97. The minimum absolute atomic E-state index is 0.0579. The number of hydrogen-bond acceptors (Lipinski definition) is 3. The molecule has 1 aromatic heterocycles. The van der Waals surface area contributed by atoms with Gasteiger partial charge in [0.1, 0.15) is 5.76 Å². The number of hydrogen-bond donors (Lipinski definition) is 2. The van der Waals surface area contributed by atoms with Crippen molar-refractivity contribution in [3.05, 3.63) is 24.2 Å². The fourth-order valence-electron chi connectivity index (χ4n) is 1.69. The van der Waals surface area contributed by atoms with Crippen LogP contribution in [0.3, 0.4) is 0 Å². The van der Waals surface area contributed by atoms with Gasteiger partial charge in [-0.3, -0.25) is 4.79 Å². The van der Waals surface area contributed by atoms with Crippen molar-refractivity contribution < 1.29 is 9.21 Å². The smallest absolute Gasteiger partial charge is 0.220 e. The summed E-state index contributed by atoms with van der Waals surface area (Å²) >= 11 is 0. The summed E-state index contributed by atoms with van der Waals surface area (Å²) in [7, 11) is 0. The van der Waals surface area contributed by atoms with E-state index in [9.17, 15) is 4.79 Å². The lowest BCUT2D eigenvalue weighted by Gasteiger charge is -2.21. The van der Waals surface area contributed by atoms with E-state index in [1.807, 2.05) is 32.9 Å². The third-order valence-electron chi connectivity index (χ3n) is 2.46. The Bertz CT molecular complexity index is 339. The Morgan fingerprint density at radius 1 is 1.53 bits per heavy atom. The second kappa shape index (κ2) is 5.87. The van der Waals surface area contributed by atoms with Gasteiger partial charge in [0.25, 0.3) is 0 Å². The van der Waals surface area contributed by atoms with E-state index >= 15 is 0 Å². The molecule has 0 saturated carbocycles. The quantitative estimate of drug-likeness (QED) is 0.824. The Hall–Kier alpha value is -1.29. The molecule has 0 fully saturated rings. The molecule has 0 aliphatic carbocycles. The summed E-state index contributed by atoms with van der Waals surface area (Å²) in [5.41, 5.74) is 5.51. The maximum absolute atomic E-state index is 11.7. The van der Waals surface area contributed by atoms with E-state index in [1.165, 1.54) is 0 Å². The highest BCUT2D eigenvalue weighted by molar-refractivity contribution is 5.76. The monoisotopic (exact) mass is 238 g/mol. The lowest BCUT2D eigenvalue weighted by atomic mass is 9.99. The molecular weight excluding hydrogens is 216 g/mol. The second-order valence-electron chi connectivity index (χ2n) is 5.28. The Kier molecular flexibility index (Phi) is 4.75. The average molecular weight is 238 g/mol. The van der Waals surface area contributed by atoms with Gasteiger partial charge in [-0.25, -0.2) is 0 Å². The lowest BCUT2D eigenvalue weighted by Crippen LogP contribution is -2.40.